The normalized spacial score (nSPS) is 19.9. The van der Waals surface area contributed by atoms with Gasteiger partial charge in [0, 0.05) is 26.2 Å². The summed E-state index contributed by atoms with van der Waals surface area (Å²) in [6.45, 7) is 4.17. The number of likely N-dealkylation sites (tertiary alicyclic amines) is 1. The van der Waals surface area contributed by atoms with Crippen LogP contribution in [0.15, 0.2) is 18.2 Å². The molecule has 2 aliphatic rings. The molecule has 0 radical (unpaired) electrons. The van der Waals surface area contributed by atoms with Crippen LogP contribution in [0.4, 0.5) is 26.3 Å². The topological polar surface area (TPSA) is 96.0 Å². The summed E-state index contributed by atoms with van der Waals surface area (Å²) in [6, 6.07) is 1.21. The van der Waals surface area contributed by atoms with E-state index in [4.69, 9.17) is 4.74 Å². The van der Waals surface area contributed by atoms with E-state index in [9.17, 15) is 44.3 Å². The summed E-state index contributed by atoms with van der Waals surface area (Å²) in [4.78, 5) is 28.9. The van der Waals surface area contributed by atoms with Gasteiger partial charge in [0.15, 0.2) is 11.3 Å². The summed E-state index contributed by atoms with van der Waals surface area (Å²) in [7, 11) is -2.56. The molecule has 0 spiro atoms. The van der Waals surface area contributed by atoms with Crippen LogP contribution in [0.3, 0.4) is 0 Å². The van der Waals surface area contributed by atoms with Gasteiger partial charge >= 0.3 is 12.4 Å². The van der Waals surface area contributed by atoms with Crippen LogP contribution in [0.1, 0.15) is 49.8 Å². The summed E-state index contributed by atoms with van der Waals surface area (Å²) >= 11 is 0. The molecule has 2 fully saturated rings. The Hall–Kier alpha value is -2.49. The second-order valence-electron chi connectivity index (χ2n) is 10.5. The predicted molar refractivity (Wildman–Crippen MR) is 132 cm³/mol. The van der Waals surface area contributed by atoms with Crippen molar-refractivity contribution in [1.82, 2.24) is 15.1 Å². The molecule has 0 aliphatic carbocycles. The second-order valence-corrected chi connectivity index (χ2v) is 11.4. The summed E-state index contributed by atoms with van der Waals surface area (Å²) < 4.78 is 107. The SMILES string of the molecule is CC(C)CC1(C(=O)NCc2cc(C(F)(F)F)cc(C(F)(F)F)c2)CCN(C(C=O)N2CCOC(=S(=O)=O)C2)CC1. The van der Waals surface area contributed by atoms with Gasteiger partial charge in [-0.25, -0.2) is 0 Å². The number of morpholine rings is 1. The van der Waals surface area contributed by atoms with Gasteiger partial charge in [0.2, 0.25) is 16.2 Å². The predicted octanol–water partition coefficient (Wildman–Crippen LogP) is 3.33. The van der Waals surface area contributed by atoms with Gasteiger partial charge in [-0.05, 0) is 48.9 Å². The number of carbonyl (C=O) groups excluding carboxylic acids is 2. The number of piperidine rings is 1. The molecule has 3 rings (SSSR count). The van der Waals surface area contributed by atoms with E-state index >= 15 is 0 Å². The fraction of sp³-hybridized carbons (Fsp3) is 0.640. The number of halogens is 6. The number of nitrogens with one attached hydrogen (secondary N) is 1. The van der Waals surface area contributed by atoms with Crippen LogP contribution in [-0.4, -0.2) is 74.4 Å². The van der Waals surface area contributed by atoms with Crippen molar-refractivity contribution in [2.45, 2.75) is 58.2 Å². The summed E-state index contributed by atoms with van der Waals surface area (Å²) in [5.74, 6) is -0.439. The van der Waals surface area contributed by atoms with E-state index in [2.05, 4.69) is 5.32 Å². The molecule has 0 aromatic heterocycles. The third-order valence-corrected chi connectivity index (χ3v) is 7.78. The van der Waals surface area contributed by atoms with Crippen LogP contribution >= 0.6 is 0 Å². The van der Waals surface area contributed by atoms with E-state index in [-0.39, 0.29) is 48.6 Å². The molecule has 1 N–H and O–H groups in total. The molecule has 40 heavy (non-hydrogen) atoms. The van der Waals surface area contributed by atoms with Gasteiger partial charge < -0.3 is 14.8 Å². The Morgan fingerprint density at radius 2 is 1.60 bits per heavy atom. The molecule has 2 aliphatic heterocycles. The van der Waals surface area contributed by atoms with E-state index in [0.29, 0.717) is 44.5 Å². The van der Waals surface area contributed by atoms with Crippen molar-refractivity contribution in [3.63, 3.8) is 0 Å². The van der Waals surface area contributed by atoms with E-state index in [0.717, 1.165) is 0 Å². The summed E-state index contributed by atoms with van der Waals surface area (Å²) in [5.41, 5.74) is -4.20. The Morgan fingerprint density at radius 3 is 2.08 bits per heavy atom. The van der Waals surface area contributed by atoms with Crippen molar-refractivity contribution in [3.05, 3.63) is 34.9 Å². The quantitative estimate of drug-likeness (QED) is 0.278. The number of hydrogen-bond acceptors (Lipinski definition) is 7. The minimum absolute atomic E-state index is 0.0364. The molecule has 224 valence electrons. The zero-order chi connectivity index (χ0) is 29.9. The van der Waals surface area contributed by atoms with E-state index in [1.54, 1.807) is 4.90 Å². The van der Waals surface area contributed by atoms with Crippen LogP contribution in [0.2, 0.25) is 0 Å². The number of benzene rings is 1. The Balaban J connectivity index is 1.76. The smallest absolute Gasteiger partial charge is 0.352 e. The molecule has 1 aromatic rings. The maximum Gasteiger partial charge on any atom is 0.416 e. The van der Waals surface area contributed by atoms with Crippen molar-refractivity contribution in [3.8, 4) is 0 Å². The molecule has 15 heteroatoms. The van der Waals surface area contributed by atoms with Gasteiger partial charge in [-0.1, -0.05) is 13.8 Å². The van der Waals surface area contributed by atoms with Crippen molar-refractivity contribution >= 4 is 27.5 Å². The molecule has 2 heterocycles. The van der Waals surface area contributed by atoms with Crippen LogP contribution in [0, 0.1) is 11.3 Å². The second kappa shape index (κ2) is 12.6. The number of ether oxygens (including phenoxy) is 1. The lowest BCUT2D eigenvalue weighted by Crippen LogP contribution is -2.58. The third kappa shape index (κ3) is 7.83. The number of amides is 1. The highest BCUT2D eigenvalue weighted by Crippen LogP contribution is 2.40. The first-order valence-corrected chi connectivity index (χ1v) is 13.7. The Labute approximate surface area is 229 Å². The summed E-state index contributed by atoms with van der Waals surface area (Å²) in [5, 5.41) is 2.38. The van der Waals surface area contributed by atoms with Gasteiger partial charge in [0.1, 0.15) is 6.17 Å². The summed E-state index contributed by atoms with van der Waals surface area (Å²) in [6.07, 6.45) is -9.07. The van der Waals surface area contributed by atoms with Crippen molar-refractivity contribution in [2.75, 3.05) is 32.8 Å². The van der Waals surface area contributed by atoms with E-state index < -0.39 is 57.8 Å². The molecule has 0 bridgehead atoms. The maximum absolute atomic E-state index is 13.4. The highest BCUT2D eigenvalue weighted by atomic mass is 32.2. The van der Waals surface area contributed by atoms with Crippen LogP contribution < -0.4 is 5.32 Å². The highest BCUT2D eigenvalue weighted by Gasteiger charge is 2.44. The number of carbonyl (C=O) groups is 2. The molecule has 2 saturated heterocycles. The van der Waals surface area contributed by atoms with Gasteiger partial charge in [-0.15, -0.1) is 0 Å². The maximum atomic E-state index is 13.4. The van der Waals surface area contributed by atoms with E-state index in [1.165, 1.54) is 0 Å². The largest absolute Gasteiger partial charge is 0.416 e. The fourth-order valence-corrected chi connectivity index (χ4v) is 5.76. The molecule has 1 unspecified atom stereocenters. The zero-order valence-electron chi connectivity index (χ0n) is 21.9. The molecule has 8 nitrogen and oxygen atoms in total. The van der Waals surface area contributed by atoms with Crippen LogP contribution in [0.5, 0.6) is 0 Å². The number of rotatable bonds is 8. The molecular formula is C25H31F6N3O5S. The van der Waals surface area contributed by atoms with Crippen molar-refractivity contribution < 1.29 is 49.1 Å². The average Bonchev–Trinajstić information content (AvgIpc) is 2.87. The lowest BCUT2D eigenvalue weighted by Gasteiger charge is -2.45. The Kier molecular flexibility index (Phi) is 10.1. The molecule has 1 atom stereocenters. The number of hydrogen-bond donors (Lipinski definition) is 1. The monoisotopic (exact) mass is 599 g/mol. The molecular weight excluding hydrogens is 568 g/mol. The first-order valence-electron chi connectivity index (χ1n) is 12.6. The highest BCUT2D eigenvalue weighted by molar-refractivity contribution is 7.72. The minimum atomic E-state index is -5.00. The van der Waals surface area contributed by atoms with Crippen molar-refractivity contribution in [1.29, 1.82) is 0 Å². The lowest BCUT2D eigenvalue weighted by atomic mass is 9.71. The van der Waals surface area contributed by atoms with Gasteiger partial charge in [0.05, 0.1) is 29.7 Å². The van der Waals surface area contributed by atoms with Gasteiger partial charge in [-0.3, -0.25) is 14.6 Å². The molecule has 0 saturated carbocycles. The van der Waals surface area contributed by atoms with Gasteiger partial charge in [0.25, 0.3) is 0 Å². The fourth-order valence-electron chi connectivity index (χ4n) is 5.31. The molecule has 1 amide bonds. The van der Waals surface area contributed by atoms with Gasteiger partial charge in [-0.2, -0.15) is 34.8 Å². The van der Waals surface area contributed by atoms with E-state index in [1.807, 2.05) is 18.7 Å². The Morgan fingerprint density at radius 1 is 1.02 bits per heavy atom. The van der Waals surface area contributed by atoms with Crippen molar-refractivity contribution in [2.24, 2.45) is 11.3 Å². The van der Waals surface area contributed by atoms with Crippen LogP contribution in [-0.2, 0) is 43.5 Å². The average molecular weight is 600 g/mol. The first kappa shape index (κ1) is 32.0. The number of alkyl halides is 6. The van der Waals surface area contributed by atoms with Crippen LogP contribution in [0.25, 0.3) is 0 Å². The zero-order valence-corrected chi connectivity index (χ0v) is 22.8. The minimum Gasteiger partial charge on any atom is -0.352 e. The Bertz CT molecular complexity index is 1180. The first-order chi connectivity index (χ1) is 18.6. The third-order valence-electron chi connectivity index (χ3n) is 7.17. The standard InChI is InChI=1S/C25H31F6N3O5S/c1-16(2)12-23(3-5-33(6-4-23)20(15-35)34-7-8-39-21(14-34)40(37)38)22(36)32-13-17-9-18(24(26,27)28)11-19(10-17)25(29,30)31/h9-11,15-16,20H,3-8,12-14H2,1-2H3,(H,32,36). The molecule has 1 aromatic carbocycles. The number of aldehydes is 1. The lowest BCUT2D eigenvalue weighted by molar-refractivity contribution is -0.143. The number of nitrogens with zero attached hydrogens (tertiary/aromatic N) is 2.